The summed E-state index contributed by atoms with van der Waals surface area (Å²) in [6, 6.07) is 1.93. The van der Waals surface area contributed by atoms with Gasteiger partial charge in [0.05, 0.1) is 17.2 Å². The summed E-state index contributed by atoms with van der Waals surface area (Å²) in [7, 11) is 0. The standard InChI is InChI=1S/C14H22F3N3O/c1-5-6-18-11-7-10(14(15,16)17)8-12(19-11)20-13(3,4)9(2)21/h7-9,21H,5-6H2,1-4H3,(H2,18,19,20). The molecule has 0 aliphatic heterocycles. The SMILES string of the molecule is CCCNc1cc(C(F)(F)F)cc(NC(C)(C)C(C)O)n1. The van der Waals surface area contributed by atoms with Crippen LogP contribution in [-0.4, -0.2) is 28.3 Å². The predicted molar refractivity (Wildman–Crippen MR) is 77.4 cm³/mol. The van der Waals surface area contributed by atoms with Crippen molar-refractivity contribution >= 4 is 11.6 Å². The first-order valence-electron chi connectivity index (χ1n) is 6.85. The van der Waals surface area contributed by atoms with E-state index in [4.69, 9.17) is 0 Å². The van der Waals surface area contributed by atoms with E-state index in [1.165, 1.54) is 0 Å². The molecule has 1 atom stereocenters. The van der Waals surface area contributed by atoms with Crippen molar-refractivity contribution in [2.45, 2.75) is 51.9 Å². The van der Waals surface area contributed by atoms with Crippen LogP contribution in [-0.2, 0) is 6.18 Å². The molecule has 0 amide bonds. The Morgan fingerprint density at radius 3 is 2.29 bits per heavy atom. The van der Waals surface area contributed by atoms with Crippen LogP contribution in [0.15, 0.2) is 12.1 Å². The summed E-state index contributed by atoms with van der Waals surface area (Å²) < 4.78 is 38.8. The molecule has 0 saturated heterocycles. The smallest absolute Gasteiger partial charge is 0.391 e. The lowest BCUT2D eigenvalue weighted by Gasteiger charge is -2.30. The van der Waals surface area contributed by atoms with Gasteiger partial charge >= 0.3 is 6.18 Å². The zero-order valence-corrected chi connectivity index (χ0v) is 12.7. The fraction of sp³-hybridized carbons (Fsp3) is 0.643. The number of hydrogen-bond acceptors (Lipinski definition) is 4. The van der Waals surface area contributed by atoms with E-state index in [1.807, 2.05) is 6.92 Å². The van der Waals surface area contributed by atoms with E-state index in [-0.39, 0.29) is 11.6 Å². The summed E-state index contributed by atoms with van der Waals surface area (Å²) in [6.45, 7) is 7.40. The first-order valence-corrected chi connectivity index (χ1v) is 6.85. The van der Waals surface area contributed by atoms with E-state index in [0.29, 0.717) is 6.54 Å². The topological polar surface area (TPSA) is 57.2 Å². The Balaban J connectivity index is 3.13. The van der Waals surface area contributed by atoms with Crippen molar-refractivity contribution in [2.24, 2.45) is 0 Å². The molecule has 0 fully saturated rings. The maximum absolute atomic E-state index is 12.9. The monoisotopic (exact) mass is 305 g/mol. The van der Waals surface area contributed by atoms with Crippen molar-refractivity contribution < 1.29 is 18.3 Å². The Bertz CT molecular complexity index is 473. The molecular formula is C14H22F3N3O. The van der Waals surface area contributed by atoms with Crippen LogP contribution >= 0.6 is 0 Å². The molecule has 7 heteroatoms. The van der Waals surface area contributed by atoms with Crippen LogP contribution < -0.4 is 10.6 Å². The average molecular weight is 305 g/mol. The van der Waals surface area contributed by atoms with Gasteiger partial charge in [0.25, 0.3) is 0 Å². The minimum atomic E-state index is -4.45. The lowest BCUT2D eigenvalue weighted by atomic mass is 9.99. The summed E-state index contributed by atoms with van der Waals surface area (Å²) in [5, 5.41) is 15.3. The van der Waals surface area contributed by atoms with E-state index in [1.54, 1.807) is 20.8 Å². The Morgan fingerprint density at radius 2 is 1.81 bits per heavy atom. The maximum Gasteiger partial charge on any atom is 0.416 e. The summed E-state index contributed by atoms with van der Waals surface area (Å²) in [5.41, 5.74) is -1.57. The number of aliphatic hydroxyl groups is 1. The molecule has 1 heterocycles. The zero-order valence-electron chi connectivity index (χ0n) is 12.7. The second-order valence-corrected chi connectivity index (χ2v) is 5.57. The van der Waals surface area contributed by atoms with Gasteiger partial charge in [-0.1, -0.05) is 6.92 Å². The van der Waals surface area contributed by atoms with Gasteiger partial charge in [0.15, 0.2) is 0 Å². The highest BCUT2D eigenvalue weighted by atomic mass is 19.4. The molecule has 0 radical (unpaired) electrons. The van der Waals surface area contributed by atoms with Crippen molar-refractivity contribution in [3.8, 4) is 0 Å². The highest BCUT2D eigenvalue weighted by Crippen LogP contribution is 2.32. The number of pyridine rings is 1. The number of rotatable bonds is 6. The molecule has 4 nitrogen and oxygen atoms in total. The highest BCUT2D eigenvalue weighted by molar-refractivity contribution is 5.51. The van der Waals surface area contributed by atoms with Crippen LogP contribution in [0, 0.1) is 0 Å². The van der Waals surface area contributed by atoms with Gasteiger partial charge in [-0.15, -0.1) is 0 Å². The molecule has 0 saturated carbocycles. The van der Waals surface area contributed by atoms with Crippen LogP contribution in [0.1, 0.15) is 39.7 Å². The third-order valence-electron chi connectivity index (χ3n) is 3.20. The van der Waals surface area contributed by atoms with Gasteiger partial charge in [-0.25, -0.2) is 4.98 Å². The quantitative estimate of drug-likeness (QED) is 0.753. The maximum atomic E-state index is 12.9. The van der Waals surface area contributed by atoms with Crippen LogP contribution in [0.5, 0.6) is 0 Å². The first-order chi connectivity index (χ1) is 9.56. The molecule has 1 aromatic heterocycles. The van der Waals surface area contributed by atoms with Gasteiger partial charge in [-0.05, 0) is 39.3 Å². The van der Waals surface area contributed by atoms with E-state index in [0.717, 1.165) is 18.6 Å². The molecule has 0 aliphatic rings. The summed E-state index contributed by atoms with van der Waals surface area (Å²) in [5.74, 6) is 0.241. The molecule has 1 aromatic rings. The fourth-order valence-corrected chi connectivity index (χ4v) is 1.54. The Labute approximate surface area is 122 Å². The highest BCUT2D eigenvalue weighted by Gasteiger charge is 2.32. The minimum absolute atomic E-state index is 0.0781. The van der Waals surface area contributed by atoms with Gasteiger partial charge in [-0.2, -0.15) is 13.2 Å². The van der Waals surface area contributed by atoms with Crippen molar-refractivity contribution in [2.75, 3.05) is 17.2 Å². The van der Waals surface area contributed by atoms with Crippen molar-refractivity contribution in [1.82, 2.24) is 4.98 Å². The number of nitrogens with zero attached hydrogens (tertiary/aromatic N) is 1. The summed E-state index contributed by atoms with van der Waals surface area (Å²) >= 11 is 0. The number of aromatic nitrogens is 1. The molecule has 0 spiro atoms. The molecular weight excluding hydrogens is 283 g/mol. The second-order valence-electron chi connectivity index (χ2n) is 5.57. The summed E-state index contributed by atoms with van der Waals surface area (Å²) in [4.78, 5) is 4.12. The van der Waals surface area contributed by atoms with Crippen molar-refractivity contribution in [3.63, 3.8) is 0 Å². The molecule has 1 rings (SSSR count). The molecule has 21 heavy (non-hydrogen) atoms. The van der Waals surface area contributed by atoms with Gasteiger partial charge in [0.2, 0.25) is 0 Å². The third kappa shape index (κ3) is 5.08. The van der Waals surface area contributed by atoms with Gasteiger partial charge in [0.1, 0.15) is 11.6 Å². The van der Waals surface area contributed by atoms with E-state index in [2.05, 4.69) is 15.6 Å². The molecule has 1 unspecified atom stereocenters. The number of hydrogen-bond donors (Lipinski definition) is 3. The van der Waals surface area contributed by atoms with Crippen LogP contribution in [0.4, 0.5) is 24.8 Å². The minimum Gasteiger partial charge on any atom is -0.391 e. The molecule has 3 N–H and O–H groups in total. The van der Waals surface area contributed by atoms with Gasteiger partial charge in [-0.3, -0.25) is 0 Å². The number of aliphatic hydroxyl groups excluding tert-OH is 1. The van der Waals surface area contributed by atoms with Crippen LogP contribution in [0.25, 0.3) is 0 Å². The first kappa shape index (κ1) is 17.6. The number of nitrogens with one attached hydrogen (secondary N) is 2. The second kappa shape index (κ2) is 6.51. The molecule has 0 aromatic carbocycles. The predicted octanol–water partition coefficient (Wildman–Crippen LogP) is 3.49. The van der Waals surface area contributed by atoms with Crippen LogP contribution in [0.3, 0.4) is 0 Å². The largest absolute Gasteiger partial charge is 0.416 e. The number of halogens is 3. The van der Waals surface area contributed by atoms with Crippen molar-refractivity contribution in [3.05, 3.63) is 17.7 Å². The molecule has 0 aliphatic carbocycles. The van der Waals surface area contributed by atoms with Gasteiger partial charge in [0, 0.05) is 6.54 Å². The van der Waals surface area contributed by atoms with E-state index in [9.17, 15) is 18.3 Å². The Kier molecular flexibility index (Phi) is 5.44. The Morgan fingerprint density at radius 1 is 1.24 bits per heavy atom. The number of anilines is 2. The third-order valence-corrected chi connectivity index (χ3v) is 3.20. The van der Waals surface area contributed by atoms with Crippen LogP contribution in [0.2, 0.25) is 0 Å². The fourth-order valence-electron chi connectivity index (χ4n) is 1.54. The molecule has 0 bridgehead atoms. The normalized spacial score (nSPS) is 13.9. The van der Waals surface area contributed by atoms with Gasteiger partial charge < -0.3 is 15.7 Å². The number of alkyl halides is 3. The Hall–Kier alpha value is -1.50. The van der Waals surface area contributed by atoms with E-state index < -0.39 is 23.4 Å². The zero-order chi connectivity index (χ0) is 16.3. The van der Waals surface area contributed by atoms with Crippen molar-refractivity contribution in [1.29, 1.82) is 0 Å². The summed E-state index contributed by atoms with van der Waals surface area (Å²) in [6.07, 6.45) is -4.42. The molecule has 120 valence electrons. The van der Waals surface area contributed by atoms with E-state index >= 15 is 0 Å². The lowest BCUT2D eigenvalue weighted by Crippen LogP contribution is -2.42. The average Bonchev–Trinajstić information content (AvgIpc) is 2.34. The lowest BCUT2D eigenvalue weighted by molar-refractivity contribution is -0.137.